The molecule has 1 aromatic carbocycles. The number of nitrogens with one attached hydrogen (secondary N) is 1. The highest BCUT2D eigenvalue weighted by Crippen LogP contribution is 2.17. The second-order valence-electron chi connectivity index (χ2n) is 4.01. The molecule has 0 radical (unpaired) electrons. The summed E-state index contributed by atoms with van der Waals surface area (Å²) in [5.41, 5.74) is 0.00783. The van der Waals surface area contributed by atoms with Gasteiger partial charge in [0.2, 0.25) is 5.82 Å². The normalized spacial score (nSPS) is 10.8. The summed E-state index contributed by atoms with van der Waals surface area (Å²) in [4.78, 5) is 11.7. The van der Waals surface area contributed by atoms with Gasteiger partial charge >= 0.3 is 5.69 Å². The molecule has 0 unspecified atom stereocenters. The van der Waals surface area contributed by atoms with Crippen molar-refractivity contribution in [1.82, 2.24) is 14.8 Å². The predicted molar refractivity (Wildman–Crippen MR) is 66.1 cm³/mol. The lowest BCUT2D eigenvalue weighted by molar-refractivity contribution is 0.566. The zero-order valence-corrected chi connectivity index (χ0v) is 9.84. The van der Waals surface area contributed by atoms with Crippen LogP contribution in [0.4, 0.5) is 4.39 Å². The van der Waals surface area contributed by atoms with E-state index in [-0.39, 0.29) is 12.4 Å². The van der Waals surface area contributed by atoms with Gasteiger partial charge in [-0.2, -0.15) is 0 Å². The van der Waals surface area contributed by atoms with E-state index >= 15 is 0 Å². The molecule has 0 bridgehead atoms. The second-order valence-corrected chi connectivity index (χ2v) is 4.01. The SMILES string of the molecule is O=c1[nH]nc(-c2ccco2)n1Cc1ccccc1F. The molecular formula is C13H10FN3O2. The fraction of sp³-hybridized carbons (Fsp3) is 0.0769. The Morgan fingerprint density at radius 3 is 2.84 bits per heavy atom. The Morgan fingerprint density at radius 1 is 1.26 bits per heavy atom. The van der Waals surface area contributed by atoms with Crippen molar-refractivity contribution < 1.29 is 8.81 Å². The molecule has 3 aromatic rings. The van der Waals surface area contributed by atoms with Gasteiger partial charge in [-0.25, -0.2) is 14.3 Å². The highest BCUT2D eigenvalue weighted by Gasteiger charge is 2.14. The Bertz CT molecular complexity index is 743. The molecule has 0 saturated carbocycles. The van der Waals surface area contributed by atoms with Gasteiger partial charge in [0.15, 0.2) is 5.76 Å². The van der Waals surface area contributed by atoms with E-state index in [2.05, 4.69) is 10.2 Å². The van der Waals surface area contributed by atoms with Crippen molar-refractivity contribution in [1.29, 1.82) is 0 Å². The third-order valence-corrected chi connectivity index (χ3v) is 2.79. The highest BCUT2D eigenvalue weighted by molar-refractivity contribution is 5.46. The molecule has 19 heavy (non-hydrogen) atoms. The molecule has 6 heteroatoms. The van der Waals surface area contributed by atoms with Gasteiger partial charge in [-0.15, -0.1) is 5.10 Å². The van der Waals surface area contributed by atoms with Crippen molar-refractivity contribution in [2.75, 3.05) is 0 Å². The molecule has 2 heterocycles. The number of furan rings is 1. The van der Waals surface area contributed by atoms with Crippen molar-refractivity contribution in [2.24, 2.45) is 0 Å². The molecule has 0 saturated heterocycles. The maximum Gasteiger partial charge on any atom is 0.343 e. The molecule has 3 rings (SSSR count). The molecule has 0 spiro atoms. The number of hydrogen-bond acceptors (Lipinski definition) is 3. The molecule has 0 aliphatic heterocycles. The number of benzene rings is 1. The molecule has 2 aromatic heterocycles. The minimum atomic E-state index is -0.408. The summed E-state index contributed by atoms with van der Waals surface area (Å²) in [5.74, 6) is 0.439. The topological polar surface area (TPSA) is 63.8 Å². The quantitative estimate of drug-likeness (QED) is 0.782. The van der Waals surface area contributed by atoms with Crippen LogP contribution in [0.3, 0.4) is 0 Å². The van der Waals surface area contributed by atoms with Crippen LogP contribution in [-0.4, -0.2) is 14.8 Å². The van der Waals surface area contributed by atoms with Crippen LogP contribution in [0, 0.1) is 5.82 Å². The van der Waals surface area contributed by atoms with E-state index in [0.717, 1.165) is 0 Å². The number of aromatic amines is 1. The maximum atomic E-state index is 13.6. The van der Waals surface area contributed by atoms with Gasteiger partial charge in [0.1, 0.15) is 5.82 Å². The lowest BCUT2D eigenvalue weighted by atomic mass is 10.2. The standard InChI is InChI=1S/C13H10FN3O2/c14-10-5-2-1-4-9(10)8-17-12(15-16-13(17)18)11-6-3-7-19-11/h1-7H,8H2,(H,16,18). The van der Waals surface area contributed by atoms with Crippen LogP contribution in [0.1, 0.15) is 5.56 Å². The second kappa shape index (κ2) is 4.56. The molecule has 96 valence electrons. The van der Waals surface area contributed by atoms with Crippen molar-refractivity contribution in [3.05, 3.63) is 64.5 Å². The maximum absolute atomic E-state index is 13.6. The zero-order chi connectivity index (χ0) is 13.2. The first kappa shape index (κ1) is 11.5. The van der Waals surface area contributed by atoms with Gasteiger partial charge in [-0.3, -0.25) is 4.57 Å². The van der Waals surface area contributed by atoms with Crippen LogP contribution < -0.4 is 5.69 Å². The Morgan fingerprint density at radius 2 is 2.11 bits per heavy atom. The number of H-pyrrole nitrogens is 1. The smallest absolute Gasteiger partial charge is 0.343 e. The summed E-state index contributed by atoms with van der Waals surface area (Å²) in [6.45, 7) is 0.0953. The van der Waals surface area contributed by atoms with Crippen LogP contribution in [0.2, 0.25) is 0 Å². The average molecular weight is 259 g/mol. The zero-order valence-electron chi connectivity index (χ0n) is 9.84. The fourth-order valence-electron chi connectivity index (χ4n) is 1.86. The van der Waals surface area contributed by atoms with Crippen LogP contribution >= 0.6 is 0 Å². The lowest BCUT2D eigenvalue weighted by Gasteiger charge is -2.05. The summed E-state index contributed by atoms with van der Waals surface area (Å²) >= 11 is 0. The Balaban J connectivity index is 2.05. The van der Waals surface area contributed by atoms with Crippen molar-refractivity contribution >= 4 is 0 Å². The van der Waals surface area contributed by atoms with Crippen LogP contribution in [-0.2, 0) is 6.54 Å². The first-order chi connectivity index (χ1) is 9.25. The molecule has 0 atom stereocenters. The molecule has 5 nitrogen and oxygen atoms in total. The van der Waals surface area contributed by atoms with Gasteiger partial charge in [0, 0.05) is 5.56 Å². The predicted octanol–water partition coefficient (Wildman–Crippen LogP) is 2.02. The number of rotatable bonds is 3. The van der Waals surface area contributed by atoms with E-state index in [4.69, 9.17) is 4.42 Å². The molecule has 0 aliphatic rings. The van der Waals surface area contributed by atoms with E-state index < -0.39 is 5.69 Å². The highest BCUT2D eigenvalue weighted by atomic mass is 19.1. The van der Waals surface area contributed by atoms with E-state index in [9.17, 15) is 9.18 Å². The number of halogens is 1. The first-order valence-electron chi connectivity index (χ1n) is 5.68. The van der Waals surface area contributed by atoms with Gasteiger partial charge in [-0.05, 0) is 18.2 Å². The van der Waals surface area contributed by atoms with Crippen LogP contribution in [0.5, 0.6) is 0 Å². The van der Waals surface area contributed by atoms with Gasteiger partial charge in [-0.1, -0.05) is 18.2 Å². The molecule has 0 aliphatic carbocycles. The Kier molecular flexibility index (Phi) is 2.75. The van der Waals surface area contributed by atoms with Crippen LogP contribution in [0.25, 0.3) is 11.6 Å². The average Bonchev–Trinajstić information content (AvgIpc) is 3.03. The van der Waals surface area contributed by atoms with E-state index in [1.165, 1.54) is 16.9 Å². The van der Waals surface area contributed by atoms with Crippen molar-refractivity contribution in [3.8, 4) is 11.6 Å². The number of aromatic nitrogens is 3. The summed E-state index contributed by atoms with van der Waals surface area (Å²) in [5, 5.41) is 6.23. The summed E-state index contributed by atoms with van der Waals surface area (Å²) < 4.78 is 20.2. The summed E-state index contributed by atoms with van der Waals surface area (Å²) in [7, 11) is 0. The third kappa shape index (κ3) is 2.08. The summed E-state index contributed by atoms with van der Waals surface area (Å²) in [6.07, 6.45) is 1.49. The van der Waals surface area contributed by atoms with E-state index in [1.54, 1.807) is 30.3 Å². The Labute approximate surface area is 107 Å². The largest absolute Gasteiger partial charge is 0.461 e. The van der Waals surface area contributed by atoms with Crippen molar-refractivity contribution in [3.63, 3.8) is 0 Å². The third-order valence-electron chi connectivity index (χ3n) is 2.79. The molecule has 0 amide bonds. The van der Waals surface area contributed by atoms with E-state index in [0.29, 0.717) is 17.1 Å². The number of nitrogens with zero attached hydrogens (tertiary/aromatic N) is 2. The van der Waals surface area contributed by atoms with Gasteiger partial charge in [0.05, 0.1) is 12.8 Å². The minimum Gasteiger partial charge on any atom is -0.461 e. The van der Waals surface area contributed by atoms with Gasteiger partial charge in [0.25, 0.3) is 0 Å². The monoisotopic (exact) mass is 259 g/mol. The molecule has 1 N–H and O–H groups in total. The Hall–Kier alpha value is -2.63. The van der Waals surface area contributed by atoms with Crippen LogP contribution in [0.15, 0.2) is 51.9 Å². The first-order valence-corrected chi connectivity index (χ1v) is 5.68. The molecule has 0 fully saturated rings. The number of hydrogen-bond donors (Lipinski definition) is 1. The minimum absolute atomic E-state index is 0.0953. The summed E-state index contributed by atoms with van der Waals surface area (Å²) in [6, 6.07) is 9.68. The fourth-order valence-corrected chi connectivity index (χ4v) is 1.86. The molecular weight excluding hydrogens is 249 g/mol. The van der Waals surface area contributed by atoms with Gasteiger partial charge < -0.3 is 4.42 Å². The van der Waals surface area contributed by atoms with E-state index in [1.807, 2.05) is 0 Å². The van der Waals surface area contributed by atoms with Crippen molar-refractivity contribution in [2.45, 2.75) is 6.54 Å². The lowest BCUT2D eigenvalue weighted by Crippen LogP contribution is -2.18.